The second-order valence-corrected chi connectivity index (χ2v) is 5.15. The molecule has 0 N–H and O–H groups in total. The number of anilines is 1. The Morgan fingerprint density at radius 1 is 1.38 bits per heavy atom. The molecule has 1 saturated heterocycles. The Hall–Kier alpha value is -0.640. The number of aryl methyl sites for hydroxylation is 2. The number of halogens is 1. The van der Waals surface area contributed by atoms with Crippen molar-refractivity contribution in [2.45, 2.75) is 26.7 Å². The van der Waals surface area contributed by atoms with Gasteiger partial charge in [0, 0.05) is 24.6 Å². The largest absolute Gasteiger partial charge is 0.355 e. The van der Waals surface area contributed by atoms with Crippen LogP contribution in [0.1, 0.15) is 24.2 Å². The number of hydrogen-bond donors (Lipinski definition) is 0. The summed E-state index contributed by atoms with van der Waals surface area (Å²) >= 11 is 3.57. The average Bonchev–Trinajstić information content (AvgIpc) is 2.32. The number of rotatable bonds is 2. The summed E-state index contributed by atoms with van der Waals surface area (Å²) < 4.78 is 0. The molecule has 0 unspecified atom stereocenters. The van der Waals surface area contributed by atoms with Gasteiger partial charge in [-0.15, -0.1) is 0 Å². The van der Waals surface area contributed by atoms with Crippen LogP contribution in [0.2, 0.25) is 0 Å². The van der Waals surface area contributed by atoms with Crippen LogP contribution in [0.25, 0.3) is 0 Å². The van der Waals surface area contributed by atoms with Crippen LogP contribution in [0.15, 0.2) is 6.20 Å². The maximum atomic E-state index is 4.60. The van der Waals surface area contributed by atoms with Gasteiger partial charge in [0.25, 0.3) is 0 Å². The van der Waals surface area contributed by atoms with Crippen molar-refractivity contribution >= 4 is 21.7 Å². The van der Waals surface area contributed by atoms with Crippen molar-refractivity contribution in [3.63, 3.8) is 0 Å². The van der Waals surface area contributed by atoms with Gasteiger partial charge in [-0.25, -0.2) is 4.98 Å². The van der Waals surface area contributed by atoms with Crippen molar-refractivity contribution in [2.75, 3.05) is 23.3 Å². The molecule has 0 radical (unpaired) electrons. The van der Waals surface area contributed by atoms with Gasteiger partial charge >= 0.3 is 0 Å². The van der Waals surface area contributed by atoms with E-state index in [4.69, 9.17) is 0 Å². The molecule has 2 heterocycles. The van der Waals surface area contributed by atoms with Gasteiger partial charge in [0.2, 0.25) is 0 Å². The second kappa shape index (κ2) is 5.13. The summed E-state index contributed by atoms with van der Waals surface area (Å²) in [6, 6.07) is 0. The fourth-order valence-corrected chi connectivity index (χ4v) is 2.77. The number of aromatic nitrogens is 2. The van der Waals surface area contributed by atoms with Gasteiger partial charge in [-0.1, -0.05) is 15.9 Å². The first kappa shape index (κ1) is 11.8. The highest BCUT2D eigenvalue weighted by Gasteiger charge is 2.20. The van der Waals surface area contributed by atoms with Crippen molar-refractivity contribution in [1.82, 2.24) is 9.97 Å². The van der Waals surface area contributed by atoms with Crippen LogP contribution in [0.5, 0.6) is 0 Å². The Balaban J connectivity index is 2.10. The van der Waals surface area contributed by atoms with E-state index in [9.17, 15) is 0 Å². The molecule has 88 valence electrons. The van der Waals surface area contributed by atoms with Crippen LogP contribution in [-0.4, -0.2) is 28.4 Å². The zero-order valence-corrected chi connectivity index (χ0v) is 11.5. The lowest BCUT2D eigenvalue weighted by Gasteiger charge is -2.32. The summed E-state index contributed by atoms with van der Waals surface area (Å²) in [6.07, 6.45) is 4.34. The van der Waals surface area contributed by atoms with Gasteiger partial charge in [0.1, 0.15) is 5.82 Å². The molecule has 0 aromatic carbocycles. The topological polar surface area (TPSA) is 29.0 Å². The van der Waals surface area contributed by atoms with Crippen molar-refractivity contribution in [2.24, 2.45) is 5.92 Å². The molecule has 2 rings (SSSR count). The summed E-state index contributed by atoms with van der Waals surface area (Å²) in [4.78, 5) is 11.3. The smallest absolute Gasteiger partial charge is 0.150 e. The van der Waals surface area contributed by atoms with E-state index in [0.717, 1.165) is 41.5 Å². The monoisotopic (exact) mass is 283 g/mol. The first-order valence-electron chi connectivity index (χ1n) is 5.82. The Morgan fingerprint density at radius 2 is 2.06 bits per heavy atom. The summed E-state index contributed by atoms with van der Waals surface area (Å²) in [5.74, 6) is 1.90. The van der Waals surface area contributed by atoms with E-state index in [-0.39, 0.29) is 0 Å². The highest BCUT2D eigenvalue weighted by atomic mass is 79.9. The van der Waals surface area contributed by atoms with E-state index in [1.807, 2.05) is 20.0 Å². The van der Waals surface area contributed by atoms with E-state index in [2.05, 4.69) is 30.8 Å². The number of nitrogens with zero attached hydrogens (tertiary/aromatic N) is 3. The van der Waals surface area contributed by atoms with Crippen molar-refractivity contribution in [1.29, 1.82) is 0 Å². The van der Waals surface area contributed by atoms with E-state index >= 15 is 0 Å². The highest BCUT2D eigenvalue weighted by Crippen LogP contribution is 2.24. The summed E-state index contributed by atoms with van der Waals surface area (Å²) in [5, 5.41) is 1.12. The predicted octanol–water partition coefficient (Wildman–Crippen LogP) is 2.70. The third-order valence-corrected chi connectivity index (χ3v) is 4.10. The van der Waals surface area contributed by atoms with Crippen LogP contribution in [-0.2, 0) is 0 Å². The third-order valence-electron chi connectivity index (χ3n) is 3.18. The maximum Gasteiger partial charge on any atom is 0.150 e. The van der Waals surface area contributed by atoms with Gasteiger partial charge < -0.3 is 4.90 Å². The predicted molar refractivity (Wildman–Crippen MR) is 70.2 cm³/mol. The van der Waals surface area contributed by atoms with Crippen LogP contribution >= 0.6 is 15.9 Å². The molecule has 3 nitrogen and oxygen atoms in total. The molecule has 0 spiro atoms. The molecule has 1 aliphatic heterocycles. The molecule has 1 aliphatic rings. The van der Waals surface area contributed by atoms with Gasteiger partial charge in [-0.2, -0.15) is 0 Å². The Bertz CT molecular complexity index is 359. The molecule has 0 atom stereocenters. The zero-order valence-electron chi connectivity index (χ0n) is 9.91. The molecule has 1 aromatic heterocycles. The minimum atomic E-state index is 0.828. The molecule has 0 aliphatic carbocycles. The maximum absolute atomic E-state index is 4.60. The molecule has 1 aromatic rings. The quantitative estimate of drug-likeness (QED) is 0.782. The third kappa shape index (κ3) is 2.54. The van der Waals surface area contributed by atoms with Gasteiger partial charge in [0.15, 0.2) is 0 Å². The molecule has 0 amide bonds. The molecule has 1 fully saturated rings. The number of hydrogen-bond acceptors (Lipinski definition) is 3. The highest BCUT2D eigenvalue weighted by molar-refractivity contribution is 9.09. The Labute approximate surface area is 105 Å². The minimum absolute atomic E-state index is 0.828. The Morgan fingerprint density at radius 3 is 2.69 bits per heavy atom. The first-order valence-corrected chi connectivity index (χ1v) is 6.94. The second-order valence-electron chi connectivity index (χ2n) is 4.51. The standard InChI is InChI=1S/C12H18BrN3/c1-9-8-14-10(2)12(15-9)16-5-3-11(7-13)4-6-16/h8,11H,3-7H2,1-2H3. The summed E-state index contributed by atoms with van der Waals surface area (Å²) in [5.41, 5.74) is 2.05. The van der Waals surface area contributed by atoms with Gasteiger partial charge in [0.05, 0.1) is 11.4 Å². The normalized spacial score (nSPS) is 17.8. The lowest BCUT2D eigenvalue weighted by Crippen LogP contribution is -2.35. The van der Waals surface area contributed by atoms with Gasteiger partial charge in [-0.05, 0) is 32.6 Å². The molecular formula is C12H18BrN3. The fraction of sp³-hybridized carbons (Fsp3) is 0.667. The van der Waals surface area contributed by atoms with Crippen LogP contribution in [0, 0.1) is 19.8 Å². The van der Waals surface area contributed by atoms with E-state index in [1.54, 1.807) is 0 Å². The van der Waals surface area contributed by atoms with Crippen molar-refractivity contribution < 1.29 is 0 Å². The summed E-state index contributed by atoms with van der Waals surface area (Å²) in [6.45, 7) is 6.25. The Kier molecular flexibility index (Phi) is 3.79. The van der Waals surface area contributed by atoms with Crippen LogP contribution in [0.3, 0.4) is 0 Å². The minimum Gasteiger partial charge on any atom is -0.355 e. The van der Waals surface area contributed by atoms with Crippen molar-refractivity contribution in [3.8, 4) is 0 Å². The SMILES string of the molecule is Cc1cnc(C)c(N2CCC(CBr)CC2)n1. The molecule has 0 bridgehead atoms. The van der Waals surface area contributed by atoms with E-state index in [1.165, 1.54) is 12.8 Å². The number of alkyl halides is 1. The molecule has 4 heteroatoms. The van der Waals surface area contributed by atoms with E-state index < -0.39 is 0 Å². The molecular weight excluding hydrogens is 266 g/mol. The zero-order chi connectivity index (χ0) is 11.5. The van der Waals surface area contributed by atoms with Gasteiger partial charge in [-0.3, -0.25) is 4.98 Å². The van der Waals surface area contributed by atoms with Crippen LogP contribution < -0.4 is 4.90 Å². The lowest BCUT2D eigenvalue weighted by atomic mass is 9.99. The van der Waals surface area contributed by atoms with Crippen LogP contribution in [0.4, 0.5) is 5.82 Å². The van der Waals surface area contributed by atoms with Crippen molar-refractivity contribution in [3.05, 3.63) is 17.6 Å². The first-order chi connectivity index (χ1) is 7.70. The lowest BCUT2D eigenvalue weighted by molar-refractivity contribution is 0.444. The fourth-order valence-electron chi connectivity index (χ4n) is 2.12. The average molecular weight is 284 g/mol. The molecule has 0 saturated carbocycles. The van der Waals surface area contributed by atoms with E-state index in [0.29, 0.717) is 0 Å². The summed E-state index contributed by atoms with van der Waals surface area (Å²) in [7, 11) is 0. The molecule has 16 heavy (non-hydrogen) atoms. The number of piperidine rings is 1.